The summed E-state index contributed by atoms with van der Waals surface area (Å²) in [5.74, 6) is 1.62. The average Bonchev–Trinajstić information content (AvgIpc) is 3.03. The second-order valence-electron chi connectivity index (χ2n) is 5.14. The Balaban J connectivity index is 1.38. The number of carbonyl (C=O) groups is 1. The van der Waals surface area contributed by atoms with Crippen molar-refractivity contribution in [2.24, 2.45) is 0 Å². The highest BCUT2D eigenvalue weighted by atomic mass is 32.2. The number of thiazole rings is 1. The summed E-state index contributed by atoms with van der Waals surface area (Å²) >= 11 is 3.04. The van der Waals surface area contributed by atoms with E-state index < -0.39 is 0 Å². The number of carbonyl (C=O) groups excluding carboxylic acids is 1. The van der Waals surface area contributed by atoms with Crippen molar-refractivity contribution < 1.29 is 14.3 Å². The van der Waals surface area contributed by atoms with Crippen LogP contribution in [0.4, 0.5) is 5.69 Å². The van der Waals surface area contributed by atoms with Crippen LogP contribution in [0.5, 0.6) is 11.5 Å². The number of nitrogens with zero attached hydrogens (tertiary/aromatic N) is 1. The first-order chi connectivity index (χ1) is 11.8. The quantitative estimate of drug-likeness (QED) is 0.719. The Morgan fingerprint density at radius 2 is 2.00 bits per heavy atom. The van der Waals surface area contributed by atoms with Crippen molar-refractivity contribution in [1.29, 1.82) is 0 Å². The largest absolute Gasteiger partial charge is 0.486 e. The average molecular weight is 358 g/mol. The summed E-state index contributed by atoms with van der Waals surface area (Å²) in [6, 6.07) is 13.4. The summed E-state index contributed by atoms with van der Waals surface area (Å²) in [6.45, 7) is 1.08. The normalized spacial score (nSPS) is 13.0. The van der Waals surface area contributed by atoms with Gasteiger partial charge in [-0.25, -0.2) is 4.98 Å². The van der Waals surface area contributed by atoms with Crippen LogP contribution in [0.2, 0.25) is 0 Å². The van der Waals surface area contributed by atoms with Crippen LogP contribution in [0.15, 0.2) is 46.8 Å². The van der Waals surface area contributed by atoms with E-state index in [1.807, 2.05) is 36.4 Å². The van der Waals surface area contributed by atoms with Gasteiger partial charge in [-0.05, 0) is 24.3 Å². The number of rotatable bonds is 4. The molecule has 0 aliphatic carbocycles. The van der Waals surface area contributed by atoms with Gasteiger partial charge >= 0.3 is 0 Å². The molecule has 4 rings (SSSR count). The highest BCUT2D eigenvalue weighted by molar-refractivity contribution is 8.01. The molecule has 0 saturated heterocycles. The maximum Gasteiger partial charge on any atom is 0.234 e. The molecular formula is C17H14N2O3S2. The second-order valence-corrected chi connectivity index (χ2v) is 7.40. The molecule has 24 heavy (non-hydrogen) atoms. The molecule has 0 unspecified atom stereocenters. The summed E-state index contributed by atoms with van der Waals surface area (Å²) in [5.41, 5.74) is 1.67. The lowest BCUT2D eigenvalue weighted by molar-refractivity contribution is -0.113. The van der Waals surface area contributed by atoms with Crippen LogP contribution in [0.3, 0.4) is 0 Å². The van der Waals surface area contributed by atoms with Crippen LogP contribution in [0.1, 0.15) is 0 Å². The number of benzene rings is 2. The fraction of sp³-hybridized carbons (Fsp3) is 0.176. The molecular weight excluding hydrogens is 344 g/mol. The maximum absolute atomic E-state index is 12.1. The van der Waals surface area contributed by atoms with E-state index in [0.717, 1.165) is 14.6 Å². The van der Waals surface area contributed by atoms with Gasteiger partial charge in [0.25, 0.3) is 0 Å². The van der Waals surface area contributed by atoms with Gasteiger partial charge in [0, 0.05) is 11.8 Å². The summed E-state index contributed by atoms with van der Waals surface area (Å²) < 4.78 is 13.0. The predicted molar refractivity (Wildman–Crippen MR) is 96.4 cm³/mol. The molecule has 0 saturated carbocycles. The molecule has 7 heteroatoms. The Bertz CT molecular complexity index is 861. The fourth-order valence-electron chi connectivity index (χ4n) is 2.36. The molecule has 1 N–H and O–H groups in total. The molecule has 3 aromatic rings. The van der Waals surface area contributed by atoms with Gasteiger partial charge < -0.3 is 14.8 Å². The molecule has 2 heterocycles. The molecule has 0 fully saturated rings. The molecule has 122 valence electrons. The summed E-state index contributed by atoms with van der Waals surface area (Å²) in [6.07, 6.45) is 0. The van der Waals surface area contributed by atoms with Gasteiger partial charge in [-0.1, -0.05) is 23.9 Å². The number of amides is 1. The number of ether oxygens (including phenoxy) is 2. The van der Waals surface area contributed by atoms with Crippen LogP contribution in [-0.4, -0.2) is 29.9 Å². The first kappa shape index (κ1) is 15.3. The minimum atomic E-state index is -0.0732. The van der Waals surface area contributed by atoms with Gasteiger partial charge in [-0.3, -0.25) is 4.79 Å². The van der Waals surface area contributed by atoms with Gasteiger partial charge in [-0.2, -0.15) is 0 Å². The highest BCUT2D eigenvalue weighted by Crippen LogP contribution is 2.33. The van der Waals surface area contributed by atoms with E-state index in [-0.39, 0.29) is 5.91 Å². The number of hydrogen-bond acceptors (Lipinski definition) is 6. The Labute approximate surface area is 147 Å². The topological polar surface area (TPSA) is 60.5 Å². The lowest BCUT2D eigenvalue weighted by Crippen LogP contribution is -2.17. The lowest BCUT2D eigenvalue weighted by Gasteiger charge is -2.18. The van der Waals surface area contributed by atoms with Crippen molar-refractivity contribution in [1.82, 2.24) is 4.98 Å². The Hall–Kier alpha value is -2.25. The Kier molecular flexibility index (Phi) is 4.27. The highest BCUT2D eigenvalue weighted by Gasteiger charge is 2.13. The zero-order chi connectivity index (χ0) is 16.4. The molecule has 0 spiro atoms. The van der Waals surface area contributed by atoms with Crippen molar-refractivity contribution in [2.75, 3.05) is 24.3 Å². The van der Waals surface area contributed by atoms with E-state index in [0.29, 0.717) is 36.2 Å². The van der Waals surface area contributed by atoms with Crippen molar-refractivity contribution in [3.63, 3.8) is 0 Å². The smallest absolute Gasteiger partial charge is 0.234 e. The monoisotopic (exact) mass is 358 g/mol. The first-order valence-electron chi connectivity index (χ1n) is 7.46. The Morgan fingerprint density at radius 1 is 1.17 bits per heavy atom. The molecule has 1 aliphatic heterocycles. The van der Waals surface area contributed by atoms with Crippen molar-refractivity contribution in [3.8, 4) is 11.5 Å². The third kappa shape index (κ3) is 3.32. The first-order valence-corrected chi connectivity index (χ1v) is 9.26. The van der Waals surface area contributed by atoms with Gasteiger partial charge in [0.05, 0.1) is 16.0 Å². The van der Waals surface area contributed by atoms with Gasteiger partial charge in [-0.15, -0.1) is 11.3 Å². The van der Waals surface area contributed by atoms with E-state index >= 15 is 0 Å². The third-order valence-electron chi connectivity index (χ3n) is 3.43. The van der Waals surface area contributed by atoms with Gasteiger partial charge in [0.2, 0.25) is 5.91 Å². The molecule has 5 nitrogen and oxygen atoms in total. The summed E-state index contributed by atoms with van der Waals surface area (Å²) in [5, 5.41) is 2.88. The van der Waals surface area contributed by atoms with Crippen LogP contribution < -0.4 is 14.8 Å². The number of thioether (sulfide) groups is 1. The Morgan fingerprint density at radius 3 is 2.88 bits per heavy atom. The van der Waals surface area contributed by atoms with Crippen LogP contribution in [0.25, 0.3) is 10.2 Å². The summed E-state index contributed by atoms with van der Waals surface area (Å²) in [7, 11) is 0. The molecule has 0 atom stereocenters. The SMILES string of the molecule is O=C(CSc1nc2ccccc2s1)Nc1ccc2c(c1)OCCO2. The van der Waals surface area contributed by atoms with Crippen molar-refractivity contribution in [2.45, 2.75) is 4.34 Å². The minimum Gasteiger partial charge on any atom is -0.486 e. The van der Waals surface area contributed by atoms with E-state index in [9.17, 15) is 4.79 Å². The third-order valence-corrected chi connectivity index (χ3v) is 5.61. The lowest BCUT2D eigenvalue weighted by atomic mass is 10.2. The zero-order valence-corrected chi connectivity index (χ0v) is 14.3. The van der Waals surface area contributed by atoms with Crippen molar-refractivity contribution >= 4 is 44.9 Å². The van der Waals surface area contributed by atoms with Crippen LogP contribution >= 0.6 is 23.1 Å². The van der Waals surface area contributed by atoms with Crippen LogP contribution in [0, 0.1) is 0 Å². The van der Waals surface area contributed by atoms with Crippen molar-refractivity contribution in [3.05, 3.63) is 42.5 Å². The number of nitrogens with one attached hydrogen (secondary N) is 1. The predicted octanol–water partition coefficient (Wildman–Crippen LogP) is 3.80. The fourth-order valence-corrected chi connectivity index (χ4v) is 4.23. The number of hydrogen-bond donors (Lipinski definition) is 1. The van der Waals surface area contributed by atoms with E-state index in [1.54, 1.807) is 17.4 Å². The second kappa shape index (κ2) is 6.70. The molecule has 1 aromatic heterocycles. The number of aromatic nitrogens is 1. The maximum atomic E-state index is 12.1. The van der Waals surface area contributed by atoms with E-state index in [4.69, 9.17) is 9.47 Å². The van der Waals surface area contributed by atoms with Gasteiger partial charge in [0.1, 0.15) is 13.2 Å². The number of para-hydroxylation sites is 1. The van der Waals surface area contributed by atoms with Gasteiger partial charge in [0.15, 0.2) is 15.8 Å². The van der Waals surface area contributed by atoms with E-state index in [2.05, 4.69) is 10.3 Å². The standard InChI is InChI=1S/C17H14N2O3S2/c20-16(10-23-17-19-12-3-1-2-4-15(12)24-17)18-11-5-6-13-14(9-11)22-8-7-21-13/h1-6,9H,7-8,10H2,(H,18,20). The molecule has 1 amide bonds. The number of fused-ring (bicyclic) bond motifs is 2. The minimum absolute atomic E-state index is 0.0732. The molecule has 2 aromatic carbocycles. The van der Waals surface area contributed by atoms with Crippen LogP contribution in [-0.2, 0) is 4.79 Å². The zero-order valence-electron chi connectivity index (χ0n) is 12.7. The molecule has 1 aliphatic rings. The molecule has 0 radical (unpaired) electrons. The summed E-state index contributed by atoms with van der Waals surface area (Å²) in [4.78, 5) is 16.7. The van der Waals surface area contributed by atoms with E-state index in [1.165, 1.54) is 11.8 Å². The molecule has 0 bridgehead atoms. The number of anilines is 1.